The highest BCUT2D eigenvalue weighted by molar-refractivity contribution is 7.20. The molecule has 2 aromatic heterocycles. The second kappa shape index (κ2) is 9.43. The summed E-state index contributed by atoms with van der Waals surface area (Å²) >= 11 is 1.41. The van der Waals surface area contributed by atoms with Gasteiger partial charge in [0.15, 0.2) is 0 Å². The number of aromatic nitrogens is 3. The molecule has 0 radical (unpaired) electrons. The molecule has 164 valence electrons. The summed E-state index contributed by atoms with van der Waals surface area (Å²) in [4.78, 5) is 34.5. The predicted molar refractivity (Wildman–Crippen MR) is 119 cm³/mol. The lowest BCUT2D eigenvalue weighted by Gasteiger charge is -2.32. The van der Waals surface area contributed by atoms with Crippen molar-refractivity contribution in [1.29, 1.82) is 0 Å². The maximum atomic E-state index is 12.7. The Bertz CT molecular complexity index is 941. The summed E-state index contributed by atoms with van der Waals surface area (Å²) in [6.45, 7) is 9.80. The zero-order valence-electron chi connectivity index (χ0n) is 18.0. The van der Waals surface area contributed by atoms with Gasteiger partial charge in [0.2, 0.25) is 16.0 Å². The molecule has 0 saturated carbocycles. The van der Waals surface area contributed by atoms with Crippen LogP contribution < -0.4 is 15.8 Å². The van der Waals surface area contributed by atoms with E-state index in [1.54, 1.807) is 0 Å². The van der Waals surface area contributed by atoms with E-state index in [0.717, 1.165) is 49.9 Å². The van der Waals surface area contributed by atoms with Crippen molar-refractivity contribution in [3.63, 3.8) is 0 Å². The summed E-state index contributed by atoms with van der Waals surface area (Å²) in [6, 6.07) is 1.49. The molecule has 0 spiro atoms. The van der Waals surface area contributed by atoms with Crippen LogP contribution in [0.4, 0.5) is 5.13 Å². The largest absolute Gasteiger partial charge is 0.356 e. The monoisotopic (exact) mass is 432 g/mol. The van der Waals surface area contributed by atoms with Gasteiger partial charge in [-0.15, -0.1) is 5.10 Å². The van der Waals surface area contributed by atoms with E-state index in [2.05, 4.69) is 32.1 Å². The van der Waals surface area contributed by atoms with E-state index in [0.29, 0.717) is 17.2 Å². The number of amides is 1. The lowest BCUT2D eigenvalue weighted by Crippen LogP contribution is -2.44. The van der Waals surface area contributed by atoms with Crippen LogP contribution in [0.25, 0.3) is 4.96 Å². The second-order valence-corrected chi connectivity index (χ2v) is 9.73. The van der Waals surface area contributed by atoms with Crippen molar-refractivity contribution in [2.75, 3.05) is 44.2 Å². The molecule has 0 bridgehead atoms. The Kier molecular flexibility index (Phi) is 6.67. The third kappa shape index (κ3) is 5.00. The van der Waals surface area contributed by atoms with Crippen LogP contribution in [0.3, 0.4) is 0 Å². The van der Waals surface area contributed by atoms with E-state index < -0.39 is 0 Å². The maximum Gasteiger partial charge on any atom is 0.275 e. The summed E-state index contributed by atoms with van der Waals surface area (Å²) in [7, 11) is 0. The Labute approximate surface area is 181 Å². The first-order chi connectivity index (χ1) is 14.5. The first-order valence-electron chi connectivity index (χ1n) is 11.1. The normalized spacial score (nSPS) is 23.1. The van der Waals surface area contributed by atoms with Crippen molar-refractivity contribution in [2.45, 2.75) is 46.0 Å². The van der Waals surface area contributed by atoms with Crippen molar-refractivity contribution in [3.05, 3.63) is 22.1 Å². The maximum absolute atomic E-state index is 12.7. The molecule has 0 aromatic carbocycles. The molecule has 1 N–H and O–H groups in total. The van der Waals surface area contributed by atoms with Gasteiger partial charge in [-0.05, 0) is 58.0 Å². The van der Waals surface area contributed by atoms with E-state index in [4.69, 9.17) is 0 Å². The van der Waals surface area contributed by atoms with Crippen molar-refractivity contribution in [1.82, 2.24) is 24.8 Å². The molecule has 9 heteroatoms. The zero-order chi connectivity index (χ0) is 21.1. The van der Waals surface area contributed by atoms with Crippen LogP contribution in [0.15, 0.2) is 10.9 Å². The molecule has 2 atom stereocenters. The van der Waals surface area contributed by atoms with Crippen LogP contribution in [-0.4, -0.2) is 64.7 Å². The molecular weight excluding hydrogens is 400 g/mol. The quantitative estimate of drug-likeness (QED) is 0.702. The summed E-state index contributed by atoms with van der Waals surface area (Å²) in [5.74, 6) is 0.894. The first kappa shape index (κ1) is 21.2. The Morgan fingerprint density at radius 1 is 1.27 bits per heavy atom. The summed E-state index contributed by atoms with van der Waals surface area (Å²) in [5, 5.41) is 8.36. The van der Waals surface area contributed by atoms with Crippen molar-refractivity contribution < 1.29 is 4.79 Å². The molecule has 1 amide bonds. The lowest BCUT2D eigenvalue weighted by atomic mass is 9.97. The summed E-state index contributed by atoms with van der Waals surface area (Å²) in [6.07, 6.45) is 5.47. The number of nitrogens with one attached hydrogen (secondary N) is 1. The minimum atomic E-state index is -0.158. The third-order valence-electron chi connectivity index (χ3n) is 6.12. The summed E-state index contributed by atoms with van der Waals surface area (Å²) in [5.41, 5.74) is 0.541. The lowest BCUT2D eigenvalue weighted by molar-refractivity contribution is -0.125. The van der Waals surface area contributed by atoms with Gasteiger partial charge < -0.3 is 15.1 Å². The molecule has 0 aliphatic carbocycles. The highest BCUT2D eigenvalue weighted by Crippen LogP contribution is 2.27. The SMILES string of the molecule is Cc1cc(=O)n2nc(N3CCC[C@H](C(=O)NCCCN4CCC[C@H](C)C4)C3)sc2n1. The van der Waals surface area contributed by atoms with Gasteiger partial charge in [-0.2, -0.15) is 4.52 Å². The zero-order valence-corrected chi connectivity index (χ0v) is 18.8. The number of piperidine rings is 2. The molecule has 2 saturated heterocycles. The molecular formula is C21H32N6O2S. The molecule has 2 aliphatic heterocycles. The van der Waals surface area contributed by atoms with E-state index in [9.17, 15) is 9.59 Å². The molecule has 4 rings (SSSR count). The van der Waals surface area contributed by atoms with E-state index >= 15 is 0 Å². The number of hydrogen-bond acceptors (Lipinski definition) is 7. The number of carbonyl (C=O) groups is 1. The number of rotatable bonds is 6. The van der Waals surface area contributed by atoms with Crippen molar-refractivity contribution >= 4 is 27.3 Å². The molecule has 2 aliphatic rings. The topological polar surface area (TPSA) is 82.8 Å². The average Bonchev–Trinajstić information content (AvgIpc) is 3.16. The number of anilines is 1. The van der Waals surface area contributed by atoms with Gasteiger partial charge in [0.25, 0.3) is 5.56 Å². The number of aryl methyl sites for hydroxylation is 1. The number of likely N-dealkylation sites (tertiary alicyclic amines) is 1. The van der Waals surface area contributed by atoms with Crippen molar-refractivity contribution in [3.8, 4) is 0 Å². The van der Waals surface area contributed by atoms with Gasteiger partial charge in [0.1, 0.15) is 0 Å². The van der Waals surface area contributed by atoms with Crippen LogP contribution in [0.5, 0.6) is 0 Å². The highest BCUT2D eigenvalue weighted by atomic mass is 32.1. The van der Waals surface area contributed by atoms with Crippen molar-refractivity contribution in [2.24, 2.45) is 11.8 Å². The Hall–Kier alpha value is -2.00. The number of carbonyl (C=O) groups excluding carboxylic acids is 1. The van der Waals surface area contributed by atoms with Gasteiger partial charge in [0.05, 0.1) is 5.92 Å². The molecule has 0 unspecified atom stereocenters. The Balaban J connectivity index is 1.28. The van der Waals surface area contributed by atoms with Gasteiger partial charge >= 0.3 is 0 Å². The number of hydrogen-bond donors (Lipinski definition) is 1. The smallest absolute Gasteiger partial charge is 0.275 e. The molecule has 30 heavy (non-hydrogen) atoms. The average molecular weight is 433 g/mol. The molecule has 2 fully saturated rings. The Morgan fingerprint density at radius 2 is 2.10 bits per heavy atom. The fraction of sp³-hybridized carbons (Fsp3) is 0.714. The molecule has 2 aromatic rings. The summed E-state index contributed by atoms with van der Waals surface area (Å²) < 4.78 is 1.36. The van der Waals surface area contributed by atoms with E-state index in [1.807, 2.05) is 6.92 Å². The second-order valence-electron chi connectivity index (χ2n) is 8.79. The van der Waals surface area contributed by atoms with Crippen LogP contribution in [0, 0.1) is 18.8 Å². The van der Waals surface area contributed by atoms with Crippen LogP contribution in [-0.2, 0) is 4.79 Å². The van der Waals surface area contributed by atoms with E-state index in [-0.39, 0.29) is 17.4 Å². The van der Waals surface area contributed by atoms with Gasteiger partial charge in [0, 0.05) is 37.9 Å². The van der Waals surface area contributed by atoms with Crippen LogP contribution in [0.2, 0.25) is 0 Å². The number of fused-ring (bicyclic) bond motifs is 1. The van der Waals surface area contributed by atoms with Gasteiger partial charge in [-0.25, -0.2) is 4.98 Å². The van der Waals surface area contributed by atoms with Gasteiger partial charge in [-0.3, -0.25) is 9.59 Å². The fourth-order valence-corrected chi connectivity index (χ4v) is 5.54. The third-order valence-corrected chi connectivity index (χ3v) is 7.09. The minimum Gasteiger partial charge on any atom is -0.356 e. The molecule has 4 heterocycles. The predicted octanol–water partition coefficient (Wildman–Crippen LogP) is 1.91. The fourth-order valence-electron chi connectivity index (χ4n) is 4.55. The Morgan fingerprint density at radius 3 is 2.93 bits per heavy atom. The minimum absolute atomic E-state index is 0.0350. The number of nitrogens with zero attached hydrogens (tertiary/aromatic N) is 5. The van der Waals surface area contributed by atoms with Crippen LogP contribution in [0.1, 0.15) is 44.7 Å². The standard InChI is InChI=1S/C21H32N6O2S/c1-15-6-3-9-25(13-15)10-5-8-22-19(29)17-7-4-11-26(14-17)21-24-27-18(28)12-16(2)23-20(27)30-21/h12,15,17H,3-11,13-14H2,1-2H3,(H,22,29)/t15-,17-/m0/s1. The van der Waals surface area contributed by atoms with Gasteiger partial charge in [-0.1, -0.05) is 18.3 Å². The van der Waals surface area contributed by atoms with E-state index in [1.165, 1.54) is 47.8 Å². The highest BCUT2D eigenvalue weighted by Gasteiger charge is 2.28. The first-order valence-corrected chi connectivity index (χ1v) is 11.9. The molecule has 8 nitrogen and oxygen atoms in total. The van der Waals surface area contributed by atoms with Crippen LogP contribution >= 0.6 is 11.3 Å².